The topological polar surface area (TPSA) is 53.4 Å². The largest absolute Gasteiger partial charge is 0.493 e. The molecule has 0 saturated carbocycles. The van der Waals surface area contributed by atoms with E-state index in [9.17, 15) is 9.18 Å². The molecular formula is C23H19FN2O3S. The summed E-state index contributed by atoms with van der Waals surface area (Å²) in [5, 5.41) is 0.564. The summed E-state index contributed by atoms with van der Waals surface area (Å²) >= 11 is 1.42. The van der Waals surface area contributed by atoms with Gasteiger partial charge in [0, 0.05) is 5.75 Å². The van der Waals surface area contributed by atoms with Crippen molar-refractivity contribution in [3.05, 3.63) is 84.2 Å². The minimum Gasteiger partial charge on any atom is -0.493 e. The van der Waals surface area contributed by atoms with E-state index in [0.29, 0.717) is 27.9 Å². The molecule has 0 bridgehead atoms. The van der Waals surface area contributed by atoms with E-state index in [1.54, 1.807) is 35.9 Å². The first-order chi connectivity index (χ1) is 14.7. The molecule has 5 nitrogen and oxygen atoms in total. The predicted octanol–water partition coefficient (Wildman–Crippen LogP) is 5.20. The highest BCUT2D eigenvalue weighted by Crippen LogP contribution is 2.28. The van der Waals surface area contributed by atoms with E-state index in [1.165, 1.54) is 23.9 Å². The van der Waals surface area contributed by atoms with Gasteiger partial charge in [0.25, 0.3) is 5.91 Å². The van der Waals surface area contributed by atoms with Crippen LogP contribution in [-0.4, -0.2) is 29.2 Å². The van der Waals surface area contributed by atoms with E-state index >= 15 is 0 Å². The molecule has 30 heavy (non-hydrogen) atoms. The fourth-order valence-corrected chi connectivity index (χ4v) is 3.99. The number of imidazole rings is 1. The molecule has 4 rings (SSSR count). The molecule has 0 radical (unpaired) electrons. The average Bonchev–Trinajstić information content (AvgIpc) is 3.15. The molecule has 4 aromatic rings. The van der Waals surface area contributed by atoms with Crippen molar-refractivity contribution >= 4 is 28.7 Å². The number of halogens is 1. The minimum absolute atomic E-state index is 0.162. The van der Waals surface area contributed by atoms with E-state index in [4.69, 9.17) is 9.47 Å². The van der Waals surface area contributed by atoms with Crippen LogP contribution in [0.4, 0.5) is 4.39 Å². The molecule has 0 unspecified atom stereocenters. The molecule has 152 valence electrons. The standard InChI is InChI=1S/C23H19FN2O3S/c1-28-20-8-4-5-9-21(20)29-14-22(27)26-19-7-3-2-6-18(19)25-23(26)30-15-16-10-12-17(24)13-11-16/h2-13H,14-15H2,1H3. The molecule has 1 heterocycles. The van der Waals surface area contributed by atoms with Gasteiger partial charge in [0.2, 0.25) is 0 Å². The second-order valence-corrected chi connectivity index (χ2v) is 7.41. The fraction of sp³-hybridized carbons (Fsp3) is 0.130. The van der Waals surface area contributed by atoms with Gasteiger partial charge in [0.1, 0.15) is 5.82 Å². The van der Waals surface area contributed by atoms with Crippen LogP contribution in [0.25, 0.3) is 11.0 Å². The lowest BCUT2D eigenvalue weighted by atomic mass is 10.2. The Morgan fingerprint density at radius 3 is 2.47 bits per heavy atom. The van der Waals surface area contributed by atoms with Crippen molar-refractivity contribution in [3.63, 3.8) is 0 Å². The van der Waals surface area contributed by atoms with Crippen LogP contribution in [0.5, 0.6) is 11.5 Å². The maximum atomic E-state index is 13.1. The molecular weight excluding hydrogens is 403 g/mol. The Labute approximate surface area is 177 Å². The lowest BCUT2D eigenvalue weighted by Gasteiger charge is -2.11. The van der Waals surface area contributed by atoms with Crippen molar-refractivity contribution in [3.8, 4) is 11.5 Å². The van der Waals surface area contributed by atoms with Crippen molar-refractivity contribution < 1.29 is 18.7 Å². The summed E-state index contributed by atoms with van der Waals surface area (Å²) in [6.07, 6.45) is 0. The molecule has 0 spiro atoms. The first-order valence-corrected chi connectivity index (χ1v) is 10.3. The molecule has 0 N–H and O–H groups in total. The zero-order valence-corrected chi connectivity index (χ0v) is 17.1. The predicted molar refractivity (Wildman–Crippen MR) is 115 cm³/mol. The third kappa shape index (κ3) is 4.31. The van der Waals surface area contributed by atoms with Crippen LogP contribution < -0.4 is 9.47 Å². The average molecular weight is 422 g/mol. The molecule has 0 fully saturated rings. The van der Waals surface area contributed by atoms with Gasteiger partial charge in [-0.25, -0.2) is 9.37 Å². The Balaban J connectivity index is 1.57. The number of methoxy groups -OCH3 is 1. The van der Waals surface area contributed by atoms with Crippen LogP contribution in [0.2, 0.25) is 0 Å². The van der Waals surface area contributed by atoms with E-state index in [0.717, 1.165) is 11.1 Å². The first kappa shape index (κ1) is 20.0. The molecule has 0 aliphatic heterocycles. The smallest absolute Gasteiger partial charge is 0.271 e. The zero-order chi connectivity index (χ0) is 20.9. The van der Waals surface area contributed by atoms with Crippen LogP contribution in [0, 0.1) is 5.82 Å². The Morgan fingerprint density at radius 1 is 1.00 bits per heavy atom. The molecule has 0 amide bonds. The second-order valence-electron chi connectivity index (χ2n) is 6.47. The summed E-state index contributed by atoms with van der Waals surface area (Å²) in [5.41, 5.74) is 2.38. The van der Waals surface area contributed by atoms with Gasteiger partial charge in [-0.2, -0.15) is 0 Å². The molecule has 0 aliphatic carbocycles. The minimum atomic E-state index is -0.278. The van der Waals surface area contributed by atoms with E-state index < -0.39 is 0 Å². The Kier molecular flexibility index (Phi) is 5.99. The third-order valence-corrected chi connectivity index (χ3v) is 5.49. The molecule has 0 atom stereocenters. The highest BCUT2D eigenvalue weighted by atomic mass is 32.2. The SMILES string of the molecule is COc1ccccc1OCC(=O)n1c(SCc2ccc(F)cc2)nc2ccccc21. The number of aromatic nitrogens is 2. The number of carbonyl (C=O) groups is 1. The van der Waals surface area contributed by atoms with Crippen LogP contribution in [0.15, 0.2) is 78.0 Å². The van der Waals surface area contributed by atoms with Crippen molar-refractivity contribution in [2.75, 3.05) is 13.7 Å². The Hall–Kier alpha value is -3.32. The number of hydrogen-bond donors (Lipinski definition) is 0. The quantitative estimate of drug-likeness (QED) is 0.384. The van der Waals surface area contributed by atoms with Gasteiger partial charge in [0.15, 0.2) is 23.3 Å². The normalized spacial score (nSPS) is 10.9. The molecule has 7 heteroatoms. The van der Waals surface area contributed by atoms with Crippen LogP contribution >= 0.6 is 11.8 Å². The molecule has 0 saturated heterocycles. The Bertz CT molecular complexity index is 1170. The number of carbonyl (C=O) groups excluding carboxylic acids is 1. The van der Waals surface area contributed by atoms with Crippen molar-refractivity contribution in [2.45, 2.75) is 10.9 Å². The van der Waals surface area contributed by atoms with E-state index in [-0.39, 0.29) is 18.3 Å². The monoisotopic (exact) mass is 422 g/mol. The van der Waals surface area contributed by atoms with Crippen LogP contribution in [0.3, 0.4) is 0 Å². The van der Waals surface area contributed by atoms with Gasteiger partial charge in [-0.1, -0.05) is 48.2 Å². The molecule has 0 aliphatic rings. The summed E-state index contributed by atoms with van der Waals surface area (Å²) in [4.78, 5) is 17.7. The third-order valence-electron chi connectivity index (χ3n) is 4.48. The number of fused-ring (bicyclic) bond motifs is 1. The maximum absolute atomic E-state index is 13.1. The summed E-state index contributed by atoms with van der Waals surface area (Å²) in [6, 6.07) is 20.9. The van der Waals surface area contributed by atoms with Gasteiger partial charge in [-0.15, -0.1) is 0 Å². The molecule has 1 aromatic heterocycles. The summed E-state index contributed by atoms with van der Waals surface area (Å²) in [5.74, 6) is 1.10. The number of rotatable bonds is 7. The summed E-state index contributed by atoms with van der Waals surface area (Å²) in [7, 11) is 1.55. The van der Waals surface area contributed by atoms with Gasteiger partial charge < -0.3 is 9.47 Å². The second kappa shape index (κ2) is 9.00. The van der Waals surface area contributed by atoms with Gasteiger partial charge in [0.05, 0.1) is 18.1 Å². The number of nitrogens with zero attached hydrogens (tertiary/aromatic N) is 2. The number of para-hydroxylation sites is 4. The fourth-order valence-electron chi connectivity index (χ4n) is 3.01. The maximum Gasteiger partial charge on any atom is 0.271 e. The number of thioether (sulfide) groups is 1. The van der Waals surface area contributed by atoms with Gasteiger partial charge in [-0.3, -0.25) is 9.36 Å². The van der Waals surface area contributed by atoms with E-state index in [1.807, 2.05) is 36.4 Å². The van der Waals surface area contributed by atoms with Gasteiger partial charge >= 0.3 is 0 Å². The number of benzene rings is 3. The van der Waals surface area contributed by atoms with E-state index in [2.05, 4.69) is 4.98 Å². The van der Waals surface area contributed by atoms with Crippen LogP contribution in [0.1, 0.15) is 10.4 Å². The highest BCUT2D eigenvalue weighted by Gasteiger charge is 2.18. The van der Waals surface area contributed by atoms with Gasteiger partial charge in [-0.05, 0) is 42.0 Å². The zero-order valence-electron chi connectivity index (χ0n) is 16.2. The Morgan fingerprint density at radius 2 is 1.70 bits per heavy atom. The van der Waals surface area contributed by atoms with Crippen molar-refractivity contribution in [1.82, 2.24) is 9.55 Å². The summed E-state index contributed by atoms with van der Waals surface area (Å²) in [6.45, 7) is -0.162. The lowest BCUT2D eigenvalue weighted by molar-refractivity contribution is 0.0830. The number of ether oxygens (including phenoxy) is 2. The number of hydrogen-bond acceptors (Lipinski definition) is 5. The van der Waals surface area contributed by atoms with Crippen LogP contribution in [-0.2, 0) is 5.75 Å². The first-order valence-electron chi connectivity index (χ1n) is 9.29. The highest BCUT2D eigenvalue weighted by molar-refractivity contribution is 7.98. The lowest BCUT2D eigenvalue weighted by Crippen LogP contribution is -2.20. The van der Waals surface area contributed by atoms with Crippen molar-refractivity contribution in [2.24, 2.45) is 0 Å². The molecule has 3 aromatic carbocycles. The van der Waals surface area contributed by atoms with Crippen molar-refractivity contribution in [1.29, 1.82) is 0 Å². The summed E-state index contributed by atoms with van der Waals surface area (Å²) < 4.78 is 25.7.